The van der Waals surface area contributed by atoms with Crippen molar-refractivity contribution < 1.29 is 18.9 Å². The zero-order valence-corrected chi connectivity index (χ0v) is 15.9. The monoisotopic (exact) mass is 330 g/mol. The summed E-state index contributed by atoms with van der Waals surface area (Å²) in [5.74, 6) is -0.346. The molecule has 23 heavy (non-hydrogen) atoms. The summed E-state index contributed by atoms with van der Waals surface area (Å²) in [4.78, 5) is 0. The van der Waals surface area contributed by atoms with Gasteiger partial charge in [-0.05, 0) is 19.8 Å². The Morgan fingerprint density at radius 2 is 1.65 bits per heavy atom. The molecule has 0 spiro atoms. The highest BCUT2D eigenvalue weighted by Gasteiger charge is 2.40. The summed E-state index contributed by atoms with van der Waals surface area (Å²) < 4.78 is 23.0. The van der Waals surface area contributed by atoms with Gasteiger partial charge >= 0.3 is 0 Å². The van der Waals surface area contributed by atoms with Gasteiger partial charge in [0.1, 0.15) is 6.10 Å². The maximum absolute atomic E-state index is 6.25. The van der Waals surface area contributed by atoms with Gasteiger partial charge in [0.25, 0.3) is 0 Å². The van der Waals surface area contributed by atoms with Gasteiger partial charge in [-0.3, -0.25) is 0 Å². The molecule has 1 heterocycles. The van der Waals surface area contributed by atoms with E-state index in [1.54, 1.807) is 14.2 Å². The second-order valence-corrected chi connectivity index (χ2v) is 6.85. The number of methoxy groups -OCH3 is 2. The highest BCUT2D eigenvalue weighted by molar-refractivity contribution is 4.83. The molecule has 0 N–H and O–H groups in total. The van der Waals surface area contributed by atoms with Crippen molar-refractivity contribution in [2.45, 2.75) is 90.1 Å². The summed E-state index contributed by atoms with van der Waals surface area (Å²) in [7, 11) is 3.46. The maximum atomic E-state index is 6.25. The lowest BCUT2D eigenvalue weighted by atomic mass is 9.86. The van der Waals surface area contributed by atoms with Gasteiger partial charge in [0, 0.05) is 20.1 Å². The molecule has 4 nitrogen and oxygen atoms in total. The quantitative estimate of drug-likeness (QED) is 0.251. The molecule has 0 radical (unpaired) electrons. The number of ether oxygens (including phenoxy) is 4. The van der Waals surface area contributed by atoms with E-state index in [-0.39, 0.29) is 12.0 Å². The first-order valence-corrected chi connectivity index (χ1v) is 9.44. The Kier molecular flexibility index (Phi) is 10.4. The van der Waals surface area contributed by atoms with Crippen LogP contribution in [-0.4, -0.2) is 45.4 Å². The summed E-state index contributed by atoms with van der Waals surface area (Å²) >= 11 is 0. The lowest BCUT2D eigenvalue weighted by Crippen LogP contribution is -2.46. The molecule has 0 aromatic carbocycles. The molecule has 4 heteroatoms. The van der Waals surface area contributed by atoms with Crippen LogP contribution in [-0.2, 0) is 18.9 Å². The molecule has 1 fully saturated rings. The normalized spacial score (nSPS) is 20.5. The van der Waals surface area contributed by atoms with E-state index < -0.39 is 5.79 Å². The van der Waals surface area contributed by atoms with Crippen LogP contribution in [0.3, 0.4) is 0 Å². The minimum Gasteiger partial charge on any atom is -0.375 e. The van der Waals surface area contributed by atoms with Crippen LogP contribution in [0, 0.1) is 5.92 Å². The number of hydrogen-bond donors (Lipinski definition) is 0. The van der Waals surface area contributed by atoms with Gasteiger partial charge in [0.15, 0.2) is 5.79 Å². The van der Waals surface area contributed by atoms with Gasteiger partial charge in [0.05, 0.1) is 19.3 Å². The predicted octanol–water partition coefficient (Wildman–Crippen LogP) is 4.56. The lowest BCUT2D eigenvalue weighted by Gasteiger charge is -2.39. The molecule has 1 rings (SSSR count). The van der Waals surface area contributed by atoms with Crippen LogP contribution in [0.5, 0.6) is 0 Å². The van der Waals surface area contributed by atoms with Gasteiger partial charge in [0.2, 0.25) is 0 Å². The largest absolute Gasteiger partial charge is 0.375 e. The van der Waals surface area contributed by atoms with Crippen molar-refractivity contribution in [1.82, 2.24) is 0 Å². The molecule has 0 bridgehead atoms. The van der Waals surface area contributed by atoms with Gasteiger partial charge < -0.3 is 18.9 Å². The smallest absolute Gasteiger partial charge is 0.169 e. The van der Waals surface area contributed by atoms with E-state index in [9.17, 15) is 0 Å². The standard InChI is InChI=1S/C19H38O4/c1-6-8-9-10-11-13-18(23-15-16-14-22-16)17(12-7-2)19(3,20-4)21-5/h16-18H,6-15H2,1-5H3. The molecular weight excluding hydrogens is 292 g/mol. The van der Waals surface area contributed by atoms with Crippen LogP contribution >= 0.6 is 0 Å². The second-order valence-electron chi connectivity index (χ2n) is 6.85. The first-order chi connectivity index (χ1) is 11.1. The summed E-state index contributed by atoms with van der Waals surface area (Å²) in [5.41, 5.74) is 0. The predicted molar refractivity (Wildman–Crippen MR) is 93.7 cm³/mol. The van der Waals surface area contributed by atoms with E-state index in [1.807, 2.05) is 6.92 Å². The number of unbranched alkanes of at least 4 members (excludes halogenated alkanes) is 4. The zero-order chi connectivity index (χ0) is 17.1. The molecular formula is C19H38O4. The van der Waals surface area contributed by atoms with Crippen LogP contribution in [0.2, 0.25) is 0 Å². The van der Waals surface area contributed by atoms with Crippen molar-refractivity contribution in [3.8, 4) is 0 Å². The Morgan fingerprint density at radius 1 is 1.00 bits per heavy atom. The van der Waals surface area contributed by atoms with Gasteiger partial charge in [-0.1, -0.05) is 52.4 Å². The third-order valence-electron chi connectivity index (χ3n) is 5.02. The number of epoxide rings is 1. The number of hydrogen-bond acceptors (Lipinski definition) is 4. The summed E-state index contributed by atoms with van der Waals surface area (Å²) in [5, 5.41) is 0. The fraction of sp³-hybridized carbons (Fsp3) is 1.00. The first kappa shape index (κ1) is 20.9. The molecule has 0 amide bonds. The van der Waals surface area contributed by atoms with Crippen molar-refractivity contribution in [3.63, 3.8) is 0 Å². The van der Waals surface area contributed by atoms with Crippen LogP contribution in [0.4, 0.5) is 0 Å². The van der Waals surface area contributed by atoms with Gasteiger partial charge in [-0.15, -0.1) is 0 Å². The molecule has 3 unspecified atom stereocenters. The number of rotatable bonds is 15. The van der Waals surface area contributed by atoms with Crippen LogP contribution < -0.4 is 0 Å². The van der Waals surface area contributed by atoms with Crippen molar-refractivity contribution in [2.75, 3.05) is 27.4 Å². The molecule has 1 saturated heterocycles. The third kappa shape index (κ3) is 7.51. The fourth-order valence-corrected chi connectivity index (χ4v) is 3.23. The zero-order valence-electron chi connectivity index (χ0n) is 15.9. The topological polar surface area (TPSA) is 40.2 Å². The fourth-order valence-electron chi connectivity index (χ4n) is 3.23. The lowest BCUT2D eigenvalue weighted by molar-refractivity contribution is -0.251. The highest BCUT2D eigenvalue weighted by Crippen LogP contribution is 2.34. The van der Waals surface area contributed by atoms with Crippen molar-refractivity contribution in [3.05, 3.63) is 0 Å². The summed E-state index contributed by atoms with van der Waals surface area (Å²) in [6, 6.07) is 0. The Hall–Kier alpha value is -0.160. The average Bonchev–Trinajstić information content (AvgIpc) is 3.39. The summed E-state index contributed by atoms with van der Waals surface area (Å²) in [6.45, 7) is 8.04. The Bertz CT molecular complexity index is 287. The third-order valence-corrected chi connectivity index (χ3v) is 5.02. The second kappa shape index (κ2) is 11.4. The Balaban J connectivity index is 2.62. The molecule has 0 aromatic rings. The molecule has 0 aromatic heterocycles. The molecule has 0 saturated carbocycles. The van der Waals surface area contributed by atoms with E-state index in [1.165, 1.54) is 32.1 Å². The van der Waals surface area contributed by atoms with Crippen molar-refractivity contribution in [2.24, 2.45) is 5.92 Å². The highest BCUT2D eigenvalue weighted by atomic mass is 16.7. The van der Waals surface area contributed by atoms with E-state index in [0.29, 0.717) is 12.7 Å². The van der Waals surface area contributed by atoms with E-state index in [4.69, 9.17) is 18.9 Å². The van der Waals surface area contributed by atoms with Crippen LogP contribution in [0.25, 0.3) is 0 Å². The van der Waals surface area contributed by atoms with E-state index in [2.05, 4.69) is 13.8 Å². The van der Waals surface area contributed by atoms with E-state index in [0.717, 1.165) is 25.9 Å². The molecule has 3 atom stereocenters. The first-order valence-electron chi connectivity index (χ1n) is 9.44. The van der Waals surface area contributed by atoms with Crippen LogP contribution in [0.15, 0.2) is 0 Å². The minimum atomic E-state index is -0.589. The summed E-state index contributed by atoms with van der Waals surface area (Å²) in [6.07, 6.45) is 10.1. The average molecular weight is 331 g/mol. The van der Waals surface area contributed by atoms with Gasteiger partial charge in [-0.2, -0.15) is 0 Å². The molecule has 1 aliphatic rings. The Labute approximate surface area is 143 Å². The molecule has 138 valence electrons. The van der Waals surface area contributed by atoms with Crippen molar-refractivity contribution in [1.29, 1.82) is 0 Å². The maximum Gasteiger partial charge on any atom is 0.169 e. The van der Waals surface area contributed by atoms with Crippen LogP contribution in [0.1, 0.15) is 72.1 Å². The SMILES string of the molecule is CCCCCCCC(OCC1CO1)C(CCC)C(C)(OC)OC. The Morgan fingerprint density at radius 3 is 2.17 bits per heavy atom. The van der Waals surface area contributed by atoms with Gasteiger partial charge in [-0.25, -0.2) is 0 Å². The van der Waals surface area contributed by atoms with Crippen molar-refractivity contribution >= 4 is 0 Å². The molecule has 1 aliphatic heterocycles. The minimum absolute atomic E-state index is 0.172. The van der Waals surface area contributed by atoms with E-state index >= 15 is 0 Å². The molecule has 0 aliphatic carbocycles.